The number of fused-ring (bicyclic) bond motifs is 1. The molecule has 0 aliphatic carbocycles. The molecule has 3 heterocycles. The number of piperazine rings is 1. The second-order valence-corrected chi connectivity index (χ2v) is 8.60. The third-order valence-corrected chi connectivity index (χ3v) is 6.14. The number of nitrogens with one attached hydrogen (secondary N) is 1. The van der Waals surface area contributed by atoms with Crippen LogP contribution in [0.4, 0.5) is 9.18 Å². The van der Waals surface area contributed by atoms with Gasteiger partial charge in [0, 0.05) is 38.9 Å². The number of aryl methyl sites for hydroxylation is 1. The van der Waals surface area contributed by atoms with Gasteiger partial charge in [-0.1, -0.05) is 35.9 Å². The van der Waals surface area contributed by atoms with Crippen LogP contribution in [0.15, 0.2) is 66.9 Å². The van der Waals surface area contributed by atoms with E-state index in [0.717, 1.165) is 30.0 Å². The van der Waals surface area contributed by atoms with Gasteiger partial charge in [-0.3, -0.25) is 9.47 Å². The minimum atomic E-state index is -0.300. The molecular formula is C26H27FN6O. The van der Waals surface area contributed by atoms with Crippen LogP contribution in [0.25, 0.3) is 16.9 Å². The van der Waals surface area contributed by atoms with Crippen molar-refractivity contribution in [3.8, 4) is 5.69 Å². The maximum atomic E-state index is 13.9. The van der Waals surface area contributed by atoms with Crippen LogP contribution in [0.5, 0.6) is 0 Å². The lowest BCUT2D eigenvalue weighted by Crippen LogP contribution is -2.51. The fraction of sp³-hybridized carbons (Fsp3) is 0.269. The number of benzene rings is 2. The number of nitrogens with zero attached hydrogens (tertiary/aromatic N) is 5. The van der Waals surface area contributed by atoms with Crippen LogP contribution in [0.3, 0.4) is 0 Å². The van der Waals surface area contributed by atoms with Gasteiger partial charge >= 0.3 is 6.03 Å². The first-order valence-corrected chi connectivity index (χ1v) is 11.5. The first-order chi connectivity index (χ1) is 16.6. The average molecular weight is 459 g/mol. The number of pyridine rings is 1. The van der Waals surface area contributed by atoms with E-state index in [1.54, 1.807) is 12.3 Å². The van der Waals surface area contributed by atoms with E-state index in [0.29, 0.717) is 37.5 Å². The van der Waals surface area contributed by atoms with Crippen LogP contribution in [0, 0.1) is 12.7 Å². The van der Waals surface area contributed by atoms with Crippen molar-refractivity contribution in [3.63, 3.8) is 0 Å². The summed E-state index contributed by atoms with van der Waals surface area (Å²) in [6.07, 6.45) is 1.72. The molecule has 4 aromatic rings. The Morgan fingerprint density at radius 2 is 1.82 bits per heavy atom. The highest BCUT2D eigenvalue weighted by Gasteiger charge is 2.23. The SMILES string of the molecule is Cc1ccc(CNC(=O)N2CCN(Cc3nc4cccnc4n3-c3cccc(F)c3)CC2)cc1. The molecule has 2 amide bonds. The third kappa shape index (κ3) is 4.77. The second kappa shape index (κ2) is 9.61. The van der Waals surface area contributed by atoms with E-state index >= 15 is 0 Å². The largest absolute Gasteiger partial charge is 0.334 e. The van der Waals surface area contributed by atoms with Crippen LogP contribution in [-0.4, -0.2) is 56.5 Å². The average Bonchev–Trinajstić information content (AvgIpc) is 3.22. The van der Waals surface area contributed by atoms with Crippen molar-refractivity contribution < 1.29 is 9.18 Å². The summed E-state index contributed by atoms with van der Waals surface area (Å²) in [6, 6.07) is 18.4. The lowest BCUT2D eigenvalue weighted by atomic mass is 10.1. The molecule has 0 atom stereocenters. The van der Waals surface area contributed by atoms with E-state index in [4.69, 9.17) is 4.98 Å². The molecule has 0 bridgehead atoms. The first-order valence-electron chi connectivity index (χ1n) is 11.5. The molecule has 7 nitrogen and oxygen atoms in total. The Morgan fingerprint density at radius 1 is 1.03 bits per heavy atom. The standard InChI is InChI=1S/C26H27FN6O/c1-19-7-9-20(10-8-19)17-29-26(34)32-14-12-31(13-15-32)18-24-30-23-6-3-11-28-25(23)33(24)22-5-2-4-21(27)16-22/h2-11,16H,12-15,17-18H2,1H3,(H,29,34). The van der Waals surface area contributed by atoms with Crippen molar-refractivity contribution in [2.45, 2.75) is 20.0 Å². The molecule has 2 aromatic carbocycles. The van der Waals surface area contributed by atoms with Gasteiger partial charge in [-0.2, -0.15) is 0 Å². The van der Waals surface area contributed by atoms with Gasteiger partial charge in [0.15, 0.2) is 5.65 Å². The van der Waals surface area contributed by atoms with E-state index < -0.39 is 0 Å². The lowest BCUT2D eigenvalue weighted by molar-refractivity contribution is 0.133. The predicted molar refractivity (Wildman–Crippen MR) is 129 cm³/mol. The van der Waals surface area contributed by atoms with Gasteiger partial charge in [-0.15, -0.1) is 0 Å². The Bertz CT molecular complexity index is 1290. The van der Waals surface area contributed by atoms with Crippen LogP contribution in [0.1, 0.15) is 17.0 Å². The Balaban J connectivity index is 1.24. The fourth-order valence-corrected chi connectivity index (χ4v) is 4.26. The predicted octanol–water partition coefficient (Wildman–Crippen LogP) is 3.90. The number of rotatable bonds is 5. The van der Waals surface area contributed by atoms with Crippen LogP contribution in [0.2, 0.25) is 0 Å². The molecule has 0 radical (unpaired) electrons. The monoisotopic (exact) mass is 458 g/mol. The maximum Gasteiger partial charge on any atom is 0.317 e. The van der Waals surface area contributed by atoms with Crippen molar-refractivity contribution in [3.05, 3.63) is 89.6 Å². The first kappa shape index (κ1) is 22.0. The van der Waals surface area contributed by atoms with Crippen LogP contribution < -0.4 is 5.32 Å². The van der Waals surface area contributed by atoms with E-state index in [2.05, 4.69) is 15.2 Å². The van der Waals surface area contributed by atoms with Gasteiger partial charge in [-0.05, 0) is 42.8 Å². The zero-order valence-corrected chi connectivity index (χ0v) is 19.1. The highest BCUT2D eigenvalue weighted by Crippen LogP contribution is 2.22. The number of halogens is 1. The number of hydrogen-bond donors (Lipinski definition) is 1. The summed E-state index contributed by atoms with van der Waals surface area (Å²) in [6.45, 7) is 5.90. The Labute approximate surface area is 197 Å². The highest BCUT2D eigenvalue weighted by molar-refractivity contribution is 5.74. The van der Waals surface area contributed by atoms with Crippen molar-refractivity contribution in [1.82, 2.24) is 29.7 Å². The minimum Gasteiger partial charge on any atom is -0.334 e. The van der Waals surface area contributed by atoms with E-state index in [1.165, 1.54) is 17.7 Å². The zero-order valence-electron chi connectivity index (χ0n) is 19.1. The molecule has 1 fully saturated rings. The molecule has 8 heteroatoms. The minimum absolute atomic E-state index is 0.0450. The summed E-state index contributed by atoms with van der Waals surface area (Å²) in [7, 11) is 0. The number of hydrogen-bond acceptors (Lipinski definition) is 4. The number of carbonyl (C=O) groups excluding carboxylic acids is 1. The van der Waals surface area contributed by atoms with Gasteiger partial charge in [0.2, 0.25) is 0 Å². The van der Waals surface area contributed by atoms with E-state index in [1.807, 2.05) is 58.9 Å². The summed E-state index contributed by atoms with van der Waals surface area (Å²) < 4.78 is 15.9. The van der Waals surface area contributed by atoms with Gasteiger partial charge in [-0.25, -0.2) is 19.2 Å². The third-order valence-electron chi connectivity index (χ3n) is 6.14. The van der Waals surface area contributed by atoms with Crippen LogP contribution in [-0.2, 0) is 13.1 Å². The molecule has 0 spiro atoms. The van der Waals surface area contributed by atoms with Crippen molar-refractivity contribution in [2.75, 3.05) is 26.2 Å². The van der Waals surface area contributed by atoms with Crippen molar-refractivity contribution in [1.29, 1.82) is 0 Å². The summed E-state index contributed by atoms with van der Waals surface area (Å²) in [5.41, 5.74) is 4.47. The lowest BCUT2D eigenvalue weighted by Gasteiger charge is -2.34. The fourth-order valence-electron chi connectivity index (χ4n) is 4.26. The summed E-state index contributed by atoms with van der Waals surface area (Å²) in [5.74, 6) is 0.503. The Hall–Kier alpha value is -3.78. The normalized spacial score (nSPS) is 14.5. The molecule has 174 valence electrons. The zero-order chi connectivity index (χ0) is 23.5. The summed E-state index contributed by atoms with van der Waals surface area (Å²) in [4.78, 5) is 26.0. The molecule has 1 aliphatic rings. The van der Waals surface area contributed by atoms with Crippen LogP contribution >= 0.6 is 0 Å². The molecular weight excluding hydrogens is 431 g/mol. The Kier molecular flexibility index (Phi) is 6.22. The number of imidazole rings is 1. The number of urea groups is 1. The highest BCUT2D eigenvalue weighted by atomic mass is 19.1. The second-order valence-electron chi connectivity index (χ2n) is 8.60. The van der Waals surface area contributed by atoms with Gasteiger partial charge in [0.05, 0.1) is 12.2 Å². The molecule has 34 heavy (non-hydrogen) atoms. The molecule has 1 aliphatic heterocycles. The van der Waals surface area contributed by atoms with E-state index in [9.17, 15) is 9.18 Å². The molecule has 0 unspecified atom stereocenters. The van der Waals surface area contributed by atoms with Gasteiger partial charge < -0.3 is 10.2 Å². The van der Waals surface area contributed by atoms with Gasteiger partial charge in [0.1, 0.15) is 17.2 Å². The molecule has 1 saturated heterocycles. The quantitative estimate of drug-likeness (QED) is 0.493. The molecule has 5 rings (SSSR count). The summed E-state index contributed by atoms with van der Waals surface area (Å²) in [5, 5.41) is 3.01. The topological polar surface area (TPSA) is 66.3 Å². The maximum absolute atomic E-state index is 13.9. The molecule has 1 N–H and O–H groups in total. The number of aromatic nitrogens is 3. The van der Waals surface area contributed by atoms with Gasteiger partial charge in [0.25, 0.3) is 0 Å². The van der Waals surface area contributed by atoms with E-state index in [-0.39, 0.29) is 11.8 Å². The Morgan fingerprint density at radius 3 is 2.59 bits per heavy atom. The van der Waals surface area contributed by atoms with Crippen molar-refractivity contribution >= 4 is 17.2 Å². The smallest absolute Gasteiger partial charge is 0.317 e. The van der Waals surface area contributed by atoms with Crippen molar-refractivity contribution in [2.24, 2.45) is 0 Å². The summed E-state index contributed by atoms with van der Waals surface area (Å²) >= 11 is 0. The number of carbonyl (C=O) groups is 1. The molecule has 2 aromatic heterocycles. The number of amides is 2. The molecule has 0 saturated carbocycles.